The fourth-order valence-electron chi connectivity index (χ4n) is 2.86. The molecule has 0 atom stereocenters. The topological polar surface area (TPSA) is 17.3 Å². The summed E-state index contributed by atoms with van der Waals surface area (Å²) in [7, 11) is -1.08. The van der Waals surface area contributed by atoms with Crippen LogP contribution in [0.15, 0.2) is 65.3 Å². The van der Waals surface area contributed by atoms with Crippen molar-refractivity contribution in [1.82, 2.24) is 4.48 Å². The van der Waals surface area contributed by atoms with E-state index in [1.165, 1.54) is 0 Å². The van der Waals surface area contributed by atoms with Crippen LogP contribution >= 0.6 is 0 Å². The zero-order chi connectivity index (χ0) is 15.7. The van der Waals surface area contributed by atoms with E-state index >= 15 is 0 Å². The first-order valence-corrected chi connectivity index (χ1v) is 7.43. The van der Waals surface area contributed by atoms with E-state index in [0.717, 1.165) is 33.9 Å². The van der Waals surface area contributed by atoms with Crippen LogP contribution in [-0.4, -0.2) is 17.3 Å². The summed E-state index contributed by atoms with van der Waals surface area (Å²) in [5.74, 6) is 0. The van der Waals surface area contributed by atoms with Crippen LogP contribution in [0.2, 0.25) is 6.82 Å². The van der Waals surface area contributed by atoms with Crippen LogP contribution in [0.1, 0.15) is 23.9 Å². The number of aromatic nitrogens is 1. The summed E-state index contributed by atoms with van der Waals surface area (Å²) < 4.78 is 15.8. The zero-order valence-corrected chi connectivity index (χ0v) is 13.0. The molecule has 2 nitrogen and oxygen atoms in total. The van der Waals surface area contributed by atoms with Crippen molar-refractivity contribution in [3.8, 4) is 0 Å². The molecule has 22 heavy (non-hydrogen) atoms. The lowest BCUT2D eigenvalue weighted by Gasteiger charge is -2.15. The SMILES string of the molecule is CB(F)n1c(C)ccc1/C(=C1/C=CC(C)=N1)c1ccccc1. The van der Waals surface area contributed by atoms with E-state index in [0.29, 0.717) is 0 Å². The molecule has 0 fully saturated rings. The molecular formula is C18H18BFN2. The van der Waals surface area contributed by atoms with E-state index in [1.54, 1.807) is 11.3 Å². The summed E-state index contributed by atoms with van der Waals surface area (Å²) in [4.78, 5) is 4.60. The smallest absolute Gasteiger partial charge is 0.360 e. The van der Waals surface area contributed by atoms with E-state index in [-0.39, 0.29) is 0 Å². The van der Waals surface area contributed by atoms with Gasteiger partial charge in [0.25, 0.3) is 0 Å². The minimum atomic E-state index is -1.08. The quantitative estimate of drug-likeness (QED) is 0.740. The van der Waals surface area contributed by atoms with Gasteiger partial charge in [-0.3, -0.25) is 4.99 Å². The molecule has 0 N–H and O–H groups in total. The minimum Gasteiger partial charge on any atom is -0.360 e. The first kappa shape index (κ1) is 14.6. The molecule has 2 heterocycles. The van der Waals surface area contributed by atoms with E-state index in [1.807, 2.05) is 68.5 Å². The van der Waals surface area contributed by atoms with Crippen LogP contribution in [0, 0.1) is 6.92 Å². The number of allylic oxidation sites excluding steroid dienone is 2. The van der Waals surface area contributed by atoms with Crippen molar-refractivity contribution in [2.75, 3.05) is 0 Å². The first-order valence-electron chi connectivity index (χ1n) is 7.43. The first-order chi connectivity index (χ1) is 10.6. The van der Waals surface area contributed by atoms with E-state index < -0.39 is 7.12 Å². The van der Waals surface area contributed by atoms with Gasteiger partial charge in [0.05, 0.1) is 5.70 Å². The maximum absolute atomic E-state index is 14.1. The van der Waals surface area contributed by atoms with Crippen molar-refractivity contribution in [2.24, 2.45) is 4.99 Å². The second-order valence-electron chi connectivity index (χ2n) is 5.52. The van der Waals surface area contributed by atoms with Gasteiger partial charge in [-0.15, -0.1) is 0 Å². The highest BCUT2D eigenvalue weighted by Crippen LogP contribution is 2.31. The second kappa shape index (κ2) is 5.80. The lowest BCUT2D eigenvalue weighted by molar-refractivity contribution is 0.789. The standard InChI is InChI=1S/C18H18BFN2/c1-13-9-11-16(21-13)18(15-7-5-4-6-8-15)17-12-10-14(2)22(17)19(3)20/h4-12H,1-3H3/b18-16-. The number of aliphatic imine (C=N–C) groups is 1. The number of hydrogen-bond donors (Lipinski definition) is 0. The summed E-state index contributed by atoms with van der Waals surface area (Å²) in [6.45, 7) is 5.45. The van der Waals surface area contributed by atoms with Crippen molar-refractivity contribution in [1.29, 1.82) is 0 Å². The largest absolute Gasteiger partial charge is 0.462 e. The molecule has 1 aromatic carbocycles. The van der Waals surface area contributed by atoms with Gasteiger partial charge in [0.15, 0.2) is 0 Å². The number of nitrogens with zero attached hydrogens (tertiary/aromatic N) is 2. The third-order valence-corrected chi connectivity index (χ3v) is 3.83. The number of aryl methyl sites for hydroxylation is 1. The molecule has 0 radical (unpaired) electrons. The van der Waals surface area contributed by atoms with Gasteiger partial charge in [0.1, 0.15) is 0 Å². The molecular weight excluding hydrogens is 274 g/mol. The van der Waals surface area contributed by atoms with Crippen LogP contribution in [0.4, 0.5) is 4.32 Å². The van der Waals surface area contributed by atoms with Crippen LogP contribution in [-0.2, 0) is 0 Å². The average Bonchev–Trinajstić information content (AvgIpc) is 3.07. The maximum atomic E-state index is 14.1. The van der Waals surface area contributed by atoms with Crippen molar-refractivity contribution in [3.05, 3.63) is 77.3 Å². The number of rotatable bonds is 3. The number of hydrogen-bond acceptors (Lipinski definition) is 1. The summed E-state index contributed by atoms with van der Waals surface area (Å²) >= 11 is 0. The molecule has 1 aliphatic rings. The van der Waals surface area contributed by atoms with Gasteiger partial charge in [-0.05, 0) is 50.5 Å². The molecule has 2 aromatic rings. The Morgan fingerprint density at radius 3 is 2.36 bits per heavy atom. The second-order valence-corrected chi connectivity index (χ2v) is 5.52. The number of halogens is 1. The van der Waals surface area contributed by atoms with E-state index in [4.69, 9.17) is 0 Å². The molecule has 0 bridgehead atoms. The molecule has 3 rings (SSSR count). The van der Waals surface area contributed by atoms with Gasteiger partial charge in [-0.2, -0.15) is 0 Å². The van der Waals surface area contributed by atoms with Gasteiger partial charge in [-0.1, -0.05) is 30.3 Å². The highest BCUT2D eigenvalue weighted by Gasteiger charge is 2.21. The van der Waals surface area contributed by atoms with Crippen molar-refractivity contribution in [3.63, 3.8) is 0 Å². The summed E-state index contributed by atoms with van der Waals surface area (Å²) in [6.07, 6.45) is 3.98. The van der Waals surface area contributed by atoms with Crippen LogP contribution in [0.5, 0.6) is 0 Å². The molecule has 0 aliphatic carbocycles. The Morgan fingerprint density at radius 1 is 1.05 bits per heavy atom. The summed E-state index contributed by atoms with van der Waals surface area (Å²) in [5, 5.41) is 0. The highest BCUT2D eigenvalue weighted by atomic mass is 19.1. The fourth-order valence-corrected chi connectivity index (χ4v) is 2.86. The molecule has 0 saturated carbocycles. The third-order valence-electron chi connectivity index (χ3n) is 3.83. The predicted octanol–water partition coefficient (Wildman–Crippen LogP) is 4.52. The summed E-state index contributed by atoms with van der Waals surface area (Å²) in [5.41, 5.74) is 5.61. The molecule has 1 aromatic heterocycles. The van der Waals surface area contributed by atoms with Crippen LogP contribution < -0.4 is 0 Å². The Balaban J connectivity index is 2.28. The highest BCUT2D eigenvalue weighted by molar-refractivity contribution is 6.48. The van der Waals surface area contributed by atoms with Crippen LogP contribution in [0.25, 0.3) is 5.57 Å². The molecule has 4 heteroatoms. The van der Waals surface area contributed by atoms with Gasteiger partial charge in [0.2, 0.25) is 0 Å². The van der Waals surface area contributed by atoms with Gasteiger partial charge >= 0.3 is 7.12 Å². The molecule has 0 unspecified atom stereocenters. The molecule has 110 valence electrons. The Morgan fingerprint density at radius 2 is 1.77 bits per heavy atom. The summed E-state index contributed by atoms with van der Waals surface area (Å²) in [6, 6.07) is 14.0. The molecule has 0 saturated heterocycles. The van der Waals surface area contributed by atoms with Gasteiger partial charge < -0.3 is 8.79 Å². The molecule has 0 amide bonds. The Hall–Kier alpha value is -2.36. The lowest BCUT2D eigenvalue weighted by atomic mass is 9.89. The minimum absolute atomic E-state index is 0.858. The zero-order valence-electron chi connectivity index (χ0n) is 13.0. The Kier molecular flexibility index (Phi) is 3.84. The van der Waals surface area contributed by atoms with Gasteiger partial charge in [-0.25, -0.2) is 0 Å². The average molecular weight is 292 g/mol. The fraction of sp³-hybridized carbons (Fsp3) is 0.167. The van der Waals surface area contributed by atoms with E-state index in [9.17, 15) is 4.32 Å². The van der Waals surface area contributed by atoms with Crippen molar-refractivity contribution in [2.45, 2.75) is 20.7 Å². The van der Waals surface area contributed by atoms with Gasteiger partial charge in [0, 0.05) is 22.7 Å². The van der Waals surface area contributed by atoms with E-state index in [2.05, 4.69) is 4.99 Å². The molecule has 1 aliphatic heterocycles. The predicted molar refractivity (Wildman–Crippen MR) is 92.0 cm³/mol. The number of benzene rings is 1. The molecule has 0 spiro atoms. The Labute approximate surface area is 130 Å². The van der Waals surface area contributed by atoms with Crippen LogP contribution in [0.3, 0.4) is 0 Å². The third kappa shape index (κ3) is 2.57. The maximum Gasteiger partial charge on any atom is 0.462 e. The lowest BCUT2D eigenvalue weighted by Crippen LogP contribution is -2.18. The monoisotopic (exact) mass is 292 g/mol. The Bertz CT molecular complexity index is 783. The normalized spacial score (nSPS) is 15.9. The van der Waals surface area contributed by atoms with Crippen molar-refractivity contribution < 1.29 is 4.32 Å². The van der Waals surface area contributed by atoms with Crippen molar-refractivity contribution >= 4 is 18.4 Å².